The summed E-state index contributed by atoms with van der Waals surface area (Å²) in [6, 6.07) is 11.6. The zero-order valence-corrected chi connectivity index (χ0v) is 15.1. The van der Waals surface area contributed by atoms with Crippen molar-refractivity contribution in [1.29, 1.82) is 0 Å². The predicted octanol–water partition coefficient (Wildman–Crippen LogP) is 5.00. The molecule has 0 N–H and O–H groups in total. The maximum Gasteiger partial charge on any atom is 0.416 e. The number of benzene rings is 2. The van der Waals surface area contributed by atoms with Crippen molar-refractivity contribution in [2.24, 2.45) is 0 Å². The van der Waals surface area contributed by atoms with E-state index in [1.165, 1.54) is 12.1 Å². The molecular formula is C20H21F3O4. The molecule has 0 amide bonds. The fourth-order valence-electron chi connectivity index (χ4n) is 2.30. The molecule has 0 saturated heterocycles. The Balaban J connectivity index is 1.84. The zero-order chi connectivity index (χ0) is 19.9. The number of hydrogen-bond donors (Lipinski definition) is 0. The largest absolute Gasteiger partial charge is 0.490 e. The fourth-order valence-corrected chi connectivity index (χ4v) is 2.30. The van der Waals surface area contributed by atoms with E-state index in [-0.39, 0.29) is 25.1 Å². The van der Waals surface area contributed by atoms with Crippen LogP contribution in [0.25, 0.3) is 0 Å². The molecule has 27 heavy (non-hydrogen) atoms. The number of rotatable bonds is 8. The average Bonchev–Trinajstić information content (AvgIpc) is 2.61. The molecule has 0 aliphatic heterocycles. The molecule has 0 saturated carbocycles. The van der Waals surface area contributed by atoms with Gasteiger partial charge in [0.2, 0.25) is 0 Å². The van der Waals surface area contributed by atoms with Crippen molar-refractivity contribution in [1.82, 2.24) is 0 Å². The Labute approximate surface area is 155 Å². The second-order valence-electron chi connectivity index (χ2n) is 5.89. The third-order valence-corrected chi connectivity index (χ3v) is 3.61. The van der Waals surface area contributed by atoms with Crippen LogP contribution in [0, 0.1) is 0 Å². The second kappa shape index (κ2) is 9.30. The molecule has 0 bridgehead atoms. The van der Waals surface area contributed by atoms with Crippen LogP contribution in [0.5, 0.6) is 11.5 Å². The maximum atomic E-state index is 12.5. The molecule has 1 atom stereocenters. The third-order valence-electron chi connectivity index (χ3n) is 3.61. The number of carbonyl (C=O) groups is 1. The number of hydrogen-bond acceptors (Lipinski definition) is 4. The Bertz CT molecular complexity index is 724. The Morgan fingerprint density at radius 2 is 1.59 bits per heavy atom. The lowest BCUT2D eigenvalue weighted by Crippen LogP contribution is -2.18. The number of carbonyl (C=O) groups excluding carboxylic acids is 1. The summed E-state index contributed by atoms with van der Waals surface area (Å²) in [6.45, 7) is 3.99. The monoisotopic (exact) mass is 382 g/mol. The molecule has 0 fully saturated rings. The van der Waals surface area contributed by atoms with Crippen LogP contribution in [0.15, 0.2) is 48.5 Å². The van der Waals surface area contributed by atoms with Gasteiger partial charge in [-0.25, -0.2) is 0 Å². The van der Waals surface area contributed by atoms with Crippen molar-refractivity contribution in [3.05, 3.63) is 59.7 Å². The lowest BCUT2D eigenvalue weighted by Gasteiger charge is -2.14. The summed E-state index contributed by atoms with van der Waals surface area (Å²) in [5.41, 5.74) is -0.0592. The maximum absolute atomic E-state index is 12.5. The van der Waals surface area contributed by atoms with E-state index in [0.717, 1.165) is 12.1 Å². The summed E-state index contributed by atoms with van der Waals surface area (Å²) in [5.74, 6) is 0.815. The first-order chi connectivity index (χ1) is 12.8. The minimum Gasteiger partial charge on any atom is -0.490 e. The van der Waals surface area contributed by atoms with Crippen LogP contribution in [0.4, 0.5) is 13.2 Å². The van der Waals surface area contributed by atoms with Gasteiger partial charge in [-0.3, -0.25) is 4.79 Å². The van der Waals surface area contributed by atoms with Gasteiger partial charge in [-0.05, 0) is 55.8 Å². The molecule has 0 heterocycles. The summed E-state index contributed by atoms with van der Waals surface area (Å²) >= 11 is 0. The molecule has 0 aliphatic carbocycles. The van der Waals surface area contributed by atoms with Crippen molar-refractivity contribution >= 4 is 5.97 Å². The predicted molar refractivity (Wildman–Crippen MR) is 93.6 cm³/mol. The SMILES string of the molecule is CCOC(=O)CC(C)Oc1ccc(OCc2ccc(C(F)(F)F)cc2)cc1. The van der Waals surface area contributed by atoms with Crippen LogP contribution in [-0.4, -0.2) is 18.7 Å². The molecule has 2 rings (SSSR count). The van der Waals surface area contributed by atoms with Crippen LogP contribution in [0.1, 0.15) is 31.4 Å². The molecule has 0 aliphatic rings. The minimum atomic E-state index is -4.35. The average molecular weight is 382 g/mol. The van der Waals surface area contributed by atoms with Crippen LogP contribution < -0.4 is 9.47 Å². The van der Waals surface area contributed by atoms with Gasteiger partial charge in [0, 0.05) is 0 Å². The van der Waals surface area contributed by atoms with Gasteiger partial charge in [0.1, 0.15) is 24.2 Å². The summed E-state index contributed by atoms with van der Waals surface area (Å²) in [6.07, 6.45) is -4.53. The first kappa shape index (κ1) is 20.6. The summed E-state index contributed by atoms with van der Waals surface area (Å²) in [4.78, 5) is 11.4. The van der Waals surface area contributed by atoms with E-state index < -0.39 is 11.7 Å². The lowest BCUT2D eigenvalue weighted by atomic mass is 10.1. The van der Waals surface area contributed by atoms with Crippen molar-refractivity contribution < 1.29 is 32.2 Å². The number of alkyl halides is 3. The Kier molecular flexibility index (Phi) is 7.10. The van der Waals surface area contributed by atoms with Crippen molar-refractivity contribution in [2.75, 3.05) is 6.61 Å². The third kappa shape index (κ3) is 6.84. The van der Waals surface area contributed by atoms with Gasteiger partial charge in [0.05, 0.1) is 18.6 Å². The Morgan fingerprint density at radius 1 is 1.00 bits per heavy atom. The number of halogens is 3. The standard InChI is InChI=1S/C20H21F3O4/c1-3-25-19(24)12-14(2)27-18-10-8-17(9-11-18)26-13-15-4-6-16(7-5-15)20(21,22)23/h4-11,14H,3,12-13H2,1-2H3. The van der Waals surface area contributed by atoms with Crippen LogP contribution >= 0.6 is 0 Å². The Hall–Kier alpha value is -2.70. The van der Waals surface area contributed by atoms with E-state index in [9.17, 15) is 18.0 Å². The van der Waals surface area contributed by atoms with E-state index in [1.54, 1.807) is 38.1 Å². The van der Waals surface area contributed by atoms with E-state index in [4.69, 9.17) is 14.2 Å². The molecule has 146 valence electrons. The van der Waals surface area contributed by atoms with Gasteiger partial charge in [-0.1, -0.05) is 12.1 Å². The fraction of sp³-hybridized carbons (Fsp3) is 0.350. The normalized spacial score (nSPS) is 12.3. The van der Waals surface area contributed by atoms with Crippen molar-refractivity contribution in [3.8, 4) is 11.5 Å². The summed E-state index contributed by atoms with van der Waals surface area (Å²) < 4.78 is 53.7. The number of esters is 1. The van der Waals surface area contributed by atoms with Crippen molar-refractivity contribution in [2.45, 2.75) is 39.2 Å². The first-order valence-electron chi connectivity index (χ1n) is 8.49. The van der Waals surface area contributed by atoms with Gasteiger partial charge in [0.15, 0.2) is 0 Å². The Morgan fingerprint density at radius 3 is 2.15 bits per heavy atom. The zero-order valence-electron chi connectivity index (χ0n) is 15.1. The van der Waals surface area contributed by atoms with Crippen LogP contribution in [0.2, 0.25) is 0 Å². The van der Waals surface area contributed by atoms with E-state index in [2.05, 4.69) is 0 Å². The van der Waals surface area contributed by atoms with E-state index in [1.807, 2.05) is 0 Å². The van der Waals surface area contributed by atoms with Gasteiger partial charge < -0.3 is 14.2 Å². The molecule has 0 radical (unpaired) electrons. The van der Waals surface area contributed by atoms with Crippen LogP contribution in [-0.2, 0) is 22.3 Å². The highest BCUT2D eigenvalue weighted by Crippen LogP contribution is 2.29. The topological polar surface area (TPSA) is 44.8 Å². The minimum absolute atomic E-state index is 0.150. The van der Waals surface area contributed by atoms with Crippen LogP contribution in [0.3, 0.4) is 0 Å². The lowest BCUT2D eigenvalue weighted by molar-refractivity contribution is -0.144. The summed E-state index contributed by atoms with van der Waals surface area (Å²) in [7, 11) is 0. The van der Waals surface area contributed by atoms with Gasteiger partial charge in [-0.2, -0.15) is 13.2 Å². The molecule has 1 unspecified atom stereocenters. The number of ether oxygens (including phenoxy) is 3. The van der Waals surface area contributed by atoms with E-state index >= 15 is 0 Å². The van der Waals surface area contributed by atoms with Gasteiger partial charge in [0.25, 0.3) is 0 Å². The smallest absolute Gasteiger partial charge is 0.416 e. The van der Waals surface area contributed by atoms with Gasteiger partial charge in [-0.15, -0.1) is 0 Å². The molecule has 0 aromatic heterocycles. The molecular weight excluding hydrogens is 361 g/mol. The molecule has 7 heteroatoms. The second-order valence-corrected chi connectivity index (χ2v) is 5.89. The molecule has 2 aromatic carbocycles. The molecule has 0 spiro atoms. The summed E-state index contributed by atoms with van der Waals surface area (Å²) in [5, 5.41) is 0. The first-order valence-corrected chi connectivity index (χ1v) is 8.49. The highest BCUT2D eigenvalue weighted by atomic mass is 19.4. The highest BCUT2D eigenvalue weighted by Gasteiger charge is 2.29. The molecule has 4 nitrogen and oxygen atoms in total. The van der Waals surface area contributed by atoms with Crippen molar-refractivity contribution in [3.63, 3.8) is 0 Å². The van der Waals surface area contributed by atoms with Gasteiger partial charge >= 0.3 is 12.1 Å². The quantitative estimate of drug-likeness (QED) is 0.603. The van der Waals surface area contributed by atoms with E-state index in [0.29, 0.717) is 23.7 Å². The highest BCUT2D eigenvalue weighted by molar-refractivity contribution is 5.69. The molecule has 2 aromatic rings.